The van der Waals surface area contributed by atoms with E-state index < -0.39 is 5.54 Å². The van der Waals surface area contributed by atoms with Gasteiger partial charge in [0.15, 0.2) is 11.5 Å². The molecule has 1 saturated carbocycles. The van der Waals surface area contributed by atoms with Crippen molar-refractivity contribution in [3.05, 3.63) is 23.8 Å². The number of benzene rings is 1. The van der Waals surface area contributed by atoms with Crippen molar-refractivity contribution >= 4 is 6.08 Å². The molecule has 1 aromatic carbocycles. The van der Waals surface area contributed by atoms with Crippen LogP contribution in [0.2, 0.25) is 0 Å². The molecule has 0 aromatic heterocycles. The molecule has 21 heavy (non-hydrogen) atoms. The third-order valence-corrected chi connectivity index (χ3v) is 4.31. The highest BCUT2D eigenvalue weighted by atomic mass is 16.5. The predicted molar refractivity (Wildman–Crippen MR) is 78.6 cm³/mol. The van der Waals surface area contributed by atoms with Gasteiger partial charge >= 0.3 is 0 Å². The van der Waals surface area contributed by atoms with Crippen molar-refractivity contribution in [3.8, 4) is 11.5 Å². The Labute approximate surface area is 124 Å². The van der Waals surface area contributed by atoms with E-state index in [1.54, 1.807) is 13.2 Å². The van der Waals surface area contributed by atoms with Crippen molar-refractivity contribution in [2.75, 3.05) is 27.2 Å². The lowest BCUT2D eigenvalue weighted by molar-refractivity contribution is 0.198. The standard InChI is InChI=1S/C16H20N2O3/c1-18-9-6-12(10-18)21-14-5-3-4-13(15(14)20-2)16(7-8-16)17-11-19/h3-5,12H,6-10H2,1-2H3. The van der Waals surface area contributed by atoms with E-state index in [0.29, 0.717) is 5.75 Å². The van der Waals surface area contributed by atoms with Gasteiger partial charge in [0.1, 0.15) is 11.6 Å². The molecule has 1 aromatic rings. The Morgan fingerprint density at radius 3 is 2.81 bits per heavy atom. The number of nitrogens with zero attached hydrogens (tertiary/aromatic N) is 2. The smallest absolute Gasteiger partial charge is 0.235 e. The highest BCUT2D eigenvalue weighted by molar-refractivity contribution is 5.53. The number of carbonyl (C=O) groups excluding carboxylic acids is 1. The molecule has 3 rings (SSSR count). The number of aliphatic imine (C=N–C) groups is 1. The van der Waals surface area contributed by atoms with Crippen LogP contribution in [0.5, 0.6) is 11.5 Å². The highest BCUT2D eigenvalue weighted by Gasteiger charge is 2.47. The lowest BCUT2D eigenvalue weighted by Gasteiger charge is -2.20. The first-order valence-corrected chi connectivity index (χ1v) is 7.30. The molecule has 2 fully saturated rings. The number of para-hydroxylation sites is 1. The average molecular weight is 288 g/mol. The summed E-state index contributed by atoms with van der Waals surface area (Å²) in [5.41, 5.74) is 0.482. The first-order valence-electron chi connectivity index (χ1n) is 7.30. The van der Waals surface area contributed by atoms with Gasteiger partial charge in [-0.15, -0.1) is 0 Å². The normalized spacial score (nSPS) is 23.4. The van der Waals surface area contributed by atoms with Crippen LogP contribution >= 0.6 is 0 Å². The van der Waals surface area contributed by atoms with Gasteiger partial charge in [0, 0.05) is 18.7 Å². The molecule has 5 nitrogen and oxygen atoms in total. The van der Waals surface area contributed by atoms with Crippen molar-refractivity contribution in [3.63, 3.8) is 0 Å². The van der Waals surface area contributed by atoms with Gasteiger partial charge < -0.3 is 14.4 Å². The fourth-order valence-electron chi connectivity index (χ4n) is 3.00. The van der Waals surface area contributed by atoms with Crippen molar-refractivity contribution in [1.82, 2.24) is 4.90 Å². The molecule has 2 aliphatic rings. The predicted octanol–water partition coefficient (Wildman–Crippen LogP) is 2.10. The molecule has 0 spiro atoms. The lowest BCUT2D eigenvalue weighted by Crippen LogP contribution is -2.22. The van der Waals surface area contributed by atoms with Crippen LogP contribution in [-0.4, -0.2) is 44.3 Å². The molecule has 1 aliphatic heterocycles. The number of ether oxygens (including phenoxy) is 2. The van der Waals surface area contributed by atoms with Gasteiger partial charge in [-0.1, -0.05) is 12.1 Å². The second kappa shape index (κ2) is 5.51. The Hall–Kier alpha value is -1.84. The Kier molecular flexibility index (Phi) is 3.70. The second-order valence-electron chi connectivity index (χ2n) is 5.86. The van der Waals surface area contributed by atoms with Crippen LogP contribution in [0.25, 0.3) is 0 Å². The Bertz CT molecular complexity index is 577. The van der Waals surface area contributed by atoms with Crippen LogP contribution in [0.1, 0.15) is 24.8 Å². The monoisotopic (exact) mass is 288 g/mol. The molecule has 0 bridgehead atoms. The van der Waals surface area contributed by atoms with Gasteiger partial charge in [0.2, 0.25) is 6.08 Å². The Morgan fingerprint density at radius 1 is 1.43 bits per heavy atom. The summed E-state index contributed by atoms with van der Waals surface area (Å²) < 4.78 is 11.7. The van der Waals surface area contributed by atoms with Crippen molar-refractivity contribution < 1.29 is 14.3 Å². The fourth-order valence-corrected chi connectivity index (χ4v) is 3.00. The maximum absolute atomic E-state index is 10.7. The third kappa shape index (κ3) is 2.67. The number of likely N-dealkylation sites (tertiary alicyclic amines) is 1. The minimum Gasteiger partial charge on any atom is -0.492 e. The van der Waals surface area contributed by atoms with Crippen molar-refractivity contribution in [2.45, 2.75) is 30.9 Å². The van der Waals surface area contributed by atoms with Crippen LogP contribution in [-0.2, 0) is 10.3 Å². The summed E-state index contributed by atoms with van der Waals surface area (Å²) in [6.45, 7) is 1.97. The van der Waals surface area contributed by atoms with Crippen molar-refractivity contribution in [2.24, 2.45) is 4.99 Å². The second-order valence-corrected chi connectivity index (χ2v) is 5.86. The zero-order valence-electron chi connectivity index (χ0n) is 12.5. The molecule has 1 heterocycles. The number of isocyanates is 1. The van der Waals surface area contributed by atoms with Gasteiger partial charge in [-0.25, -0.2) is 4.79 Å². The number of methoxy groups -OCH3 is 1. The van der Waals surface area contributed by atoms with E-state index in [4.69, 9.17) is 9.47 Å². The molecule has 0 N–H and O–H groups in total. The lowest BCUT2D eigenvalue weighted by atomic mass is 10.0. The van der Waals surface area contributed by atoms with E-state index in [9.17, 15) is 4.79 Å². The zero-order valence-corrected chi connectivity index (χ0v) is 12.5. The maximum atomic E-state index is 10.7. The Balaban J connectivity index is 1.89. The van der Waals surface area contributed by atoms with Crippen LogP contribution in [0, 0.1) is 0 Å². The highest BCUT2D eigenvalue weighted by Crippen LogP contribution is 2.54. The molecule has 1 aliphatic carbocycles. The topological polar surface area (TPSA) is 51.1 Å². The van der Waals surface area contributed by atoms with Crippen LogP contribution < -0.4 is 9.47 Å². The zero-order chi connectivity index (χ0) is 14.9. The van der Waals surface area contributed by atoms with Gasteiger partial charge in [-0.3, -0.25) is 0 Å². The molecule has 0 amide bonds. The van der Waals surface area contributed by atoms with Crippen LogP contribution in [0.4, 0.5) is 0 Å². The molecular formula is C16H20N2O3. The summed E-state index contributed by atoms with van der Waals surface area (Å²) in [4.78, 5) is 16.9. The largest absolute Gasteiger partial charge is 0.492 e. The first kappa shape index (κ1) is 14.1. The summed E-state index contributed by atoms with van der Waals surface area (Å²) in [6.07, 6.45) is 4.60. The summed E-state index contributed by atoms with van der Waals surface area (Å²) in [5.74, 6) is 1.44. The van der Waals surface area contributed by atoms with E-state index in [-0.39, 0.29) is 6.10 Å². The Morgan fingerprint density at radius 2 is 2.24 bits per heavy atom. The van der Waals surface area contributed by atoms with Crippen LogP contribution in [0.15, 0.2) is 23.2 Å². The third-order valence-electron chi connectivity index (χ3n) is 4.31. The SMILES string of the molecule is COc1c(OC2CCN(C)C2)cccc1C1(N=C=O)CC1. The fraction of sp³-hybridized carbons (Fsp3) is 0.562. The number of likely N-dealkylation sites (N-methyl/N-ethyl adjacent to an activating group) is 1. The average Bonchev–Trinajstić information content (AvgIpc) is 3.15. The van der Waals surface area contributed by atoms with Gasteiger partial charge in [0.05, 0.1) is 7.11 Å². The van der Waals surface area contributed by atoms with E-state index in [1.165, 1.54) is 0 Å². The minimum atomic E-state index is -0.446. The van der Waals surface area contributed by atoms with E-state index >= 15 is 0 Å². The molecular weight excluding hydrogens is 268 g/mol. The molecule has 1 saturated heterocycles. The molecule has 1 unspecified atom stereocenters. The van der Waals surface area contributed by atoms with E-state index in [0.717, 1.165) is 43.7 Å². The summed E-state index contributed by atoms with van der Waals surface area (Å²) in [5, 5.41) is 0. The molecule has 112 valence electrons. The first-order chi connectivity index (χ1) is 10.2. The molecule has 0 radical (unpaired) electrons. The maximum Gasteiger partial charge on any atom is 0.235 e. The number of rotatable bonds is 5. The van der Waals surface area contributed by atoms with Crippen LogP contribution in [0.3, 0.4) is 0 Å². The van der Waals surface area contributed by atoms with E-state index in [1.807, 2.05) is 18.2 Å². The summed E-state index contributed by atoms with van der Waals surface area (Å²) in [6, 6.07) is 5.81. The molecule has 1 atom stereocenters. The van der Waals surface area contributed by atoms with Gasteiger partial charge in [0.25, 0.3) is 0 Å². The minimum absolute atomic E-state index is 0.184. The number of hydrogen-bond acceptors (Lipinski definition) is 5. The quantitative estimate of drug-likeness (QED) is 0.615. The van der Waals surface area contributed by atoms with Gasteiger partial charge in [-0.05, 0) is 32.4 Å². The van der Waals surface area contributed by atoms with Gasteiger partial charge in [-0.2, -0.15) is 4.99 Å². The summed E-state index contributed by atoms with van der Waals surface area (Å²) >= 11 is 0. The van der Waals surface area contributed by atoms with Crippen molar-refractivity contribution in [1.29, 1.82) is 0 Å². The number of hydrogen-bond donors (Lipinski definition) is 0. The van der Waals surface area contributed by atoms with E-state index in [2.05, 4.69) is 16.9 Å². The molecule has 5 heteroatoms. The summed E-state index contributed by atoms with van der Waals surface area (Å²) in [7, 11) is 3.72.